The first kappa shape index (κ1) is 15.9. The monoisotopic (exact) mass is 270 g/mol. The molecule has 0 radical (unpaired) electrons. The summed E-state index contributed by atoms with van der Waals surface area (Å²) in [7, 11) is 3.25. The fourth-order valence-electron chi connectivity index (χ4n) is 1.97. The Kier molecular flexibility index (Phi) is 6.77. The highest BCUT2D eigenvalue weighted by Crippen LogP contribution is 2.28. The van der Waals surface area contributed by atoms with Crippen LogP contribution in [0.3, 0.4) is 0 Å². The Balaban J connectivity index is 3.04. The Hall–Kier alpha value is -1.17. The predicted octanol–water partition coefficient (Wildman–Crippen LogP) is 1.94. The second kappa shape index (κ2) is 8.09. The second-order valence-electron chi connectivity index (χ2n) is 4.44. The lowest BCUT2D eigenvalue weighted by Crippen LogP contribution is -2.33. The minimum absolute atomic E-state index is 0.224. The highest BCUT2D eigenvalue weighted by atomic mass is 19.1. The summed E-state index contributed by atoms with van der Waals surface area (Å²) in [5, 5.41) is 0. The number of benzene rings is 1. The van der Waals surface area contributed by atoms with E-state index >= 15 is 0 Å². The highest BCUT2D eigenvalue weighted by molar-refractivity contribution is 5.56. The van der Waals surface area contributed by atoms with Gasteiger partial charge in [0.2, 0.25) is 0 Å². The van der Waals surface area contributed by atoms with Gasteiger partial charge in [-0.1, -0.05) is 12.1 Å². The van der Waals surface area contributed by atoms with Crippen LogP contribution in [0.1, 0.15) is 18.5 Å². The summed E-state index contributed by atoms with van der Waals surface area (Å²) in [5.74, 6) is -0.262. The average Bonchev–Trinajstić information content (AvgIpc) is 2.39. The summed E-state index contributed by atoms with van der Waals surface area (Å²) in [6.45, 7) is 4.09. The molecule has 1 rings (SSSR count). The van der Waals surface area contributed by atoms with Crippen molar-refractivity contribution in [2.75, 3.05) is 45.4 Å². The van der Waals surface area contributed by atoms with Gasteiger partial charge in [0, 0.05) is 33.4 Å². The molecule has 1 aromatic rings. The van der Waals surface area contributed by atoms with Crippen LogP contribution in [0.15, 0.2) is 18.2 Å². The van der Waals surface area contributed by atoms with Gasteiger partial charge in [-0.15, -0.1) is 0 Å². The molecule has 19 heavy (non-hydrogen) atoms. The molecular formula is C14H23FN2O2. The molecule has 0 aliphatic carbocycles. The number of ether oxygens (including phenoxy) is 2. The van der Waals surface area contributed by atoms with Gasteiger partial charge in [0.05, 0.1) is 18.9 Å². The van der Waals surface area contributed by atoms with Gasteiger partial charge in [0.25, 0.3) is 0 Å². The van der Waals surface area contributed by atoms with E-state index in [1.165, 1.54) is 6.07 Å². The maximum Gasteiger partial charge on any atom is 0.146 e. The molecule has 0 saturated heterocycles. The van der Waals surface area contributed by atoms with Crippen LogP contribution >= 0.6 is 0 Å². The first-order valence-electron chi connectivity index (χ1n) is 6.38. The molecule has 0 fully saturated rings. The smallest absolute Gasteiger partial charge is 0.146 e. The zero-order chi connectivity index (χ0) is 14.3. The van der Waals surface area contributed by atoms with Crippen molar-refractivity contribution in [1.82, 2.24) is 0 Å². The number of nitrogens with zero attached hydrogens (tertiary/aromatic N) is 1. The molecule has 0 aliphatic rings. The van der Waals surface area contributed by atoms with E-state index in [2.05, 4.69) is 0 Å². The number of hydrogen-bond donors (Lipinski definition) is 1. The predicted molar refractivity (Wildman–Crippen MR) is 75.0 cm³/mol. The molecule has 0 amide bonds. The molecule has 0 saturated carbocycles. The van der Waals surface area contributed by atoms with E-state index in [4.69, 9.17) is 15.2 Å². The molecule has 0 aromatic heterocycles. The van der Waals surface area contributed by atoms with E-state index in [1.807, 2.05) is 17.9 Å². The molecule has 0 heterocycles. The van der Waals surface area contributed by atoms with Crippen LogP contribution in [0.25, 0.3) is 0 Å². The number of nitrogens with two attached hydrogens (primary N) is 1. The van der Waals surface area contributed by atoms with Crippen molar-refractivity contribution in [2.24, 2.45) is 5.73 Å². The van der Waals surface area contributed by atoms with Crippen LogP contribution in [0.2, 0.25) is 0 Å². The molecule has 5 heteroatoms. The van der Waals surface area contributed by atoms with Crippen LogP contribution in [-0.4, -0.2) is 40.5 Å². The Morgan fingerprint density at radius 2 is 1.79 bits per heavy atom. The largest absolute Gasteiger partial charge is 0.383 e. The van der Waals surface area contributed by atoms with E-state index < -0.39 is 0 Å². The third-order valence-corrected chi connectivity index (χ3v) is 2.96. The third kappa shape index (κ3) is 4.45. The minimum Gasteiger partial charge on any atom is -0.383 e. The van der Waals surface area contributed by atoms with Gasteiger partial charge < -0.3 is 20.1 Å². The van der Waals surface area contributed by atoms with Gasteiger partial charge in [-0.05, 0) is 18.6 Å². The summed E-state index contributed by atoms with van der Waals surface area (Å²) < 4.78 is 24.3. The number of halogens is 1. The van der Waals surface area contributed by atoms with Gasteiger partial charge >= 0.3 is 0 Å². The first-order valence-corrected chi connectivity index (χ1v) is 6.38. The summed E-state index contributed by atoms with van der Waals surface area (Å²) in [5.41, 5.74) is 7.27. The average molecular weight is 270 g/mol. The molecule has 1 atom stereocenters. The molecule has 1 unspecified atom stereocenters. The maximum atomic E-state index is 14.1. The standard InChI is InChI=1S/C14H23FN2O2/c1-11(16)12-5-4-6-13(15)14(12)17(7-9-18-2)8-10-19-3/h4-6,11H,7-10,16H2,1-3H3. The van der Waals surface area contributed by atoms with E-state index in [0.717, 1.165) is 5.56 Å². The fourth-order valence-corrected chi connectivity index (χ4v) is 1.97. The Labute approximate surface area is 114 Å². The third-order valence-electron chi connectivity index (χ3n) is 2.96. The fraction of sp³-hybridized carbons (Fsp3) is 0.571. The van der Waals surface area contributed by atoms with Gasteiger partial charge in [0.15, 0.2) is 0 Å². The van der Waals surface area contributed by atoms with E-state index in [-0.39, 0.29) is 11.9 Å². The highest BCUT2D eigenvalue weighted by Gasteiger charge is 2.17. The van der Waals surface area contributed by atoms with Crippen LogP contribution < -0.4 is 10.6 Å². The number of rotatable bonds is 8. The zero-order valence-corrected chi connectivity index (χ0v) is 11.9. The van der Waals surface area contributed by atoms with Crippen molar-refractivity contribution in [3.8, 4) is 0 Å². The lowest BCUT2D eigenvalue weighted by atomic mass is 10.1. The minimum atomic E-state index is -0.262. The van der Waals surface area contributed by atoms with Crippen LogP contribution in [-0.2, 0) is 9.47 Å². The Morgan fingerprint density at radius 1 is 1.21 bits per heavy atom. The first-order chi connectivity index (χ1) is 9.11. The van der Waals surface area contributed by atoms with Crippen LogP contribution in [0.4, 0.5) is 10.1 Å². The summed E-state index contributed by atoms with van der Waals surface area (Å²) in [6.07, 6.45) is 0. The topological polar surface area (TPSA) is 47.7 Å². The van der Waals surface area contributed by atoms with Gasteiger partial charge in [0.1, 0.15) is 5.82 Å². The second-order valence-corrected chi connectivity index (χ2v) is 4.44. The van der Waals surface area contributed by atoms with Gasteiger partial charge in [-0.25, -0.2) is 4.39 Å². The van der Waals surface area contributed by atoms with E-state index in [9.17, 15) is 4.39 Å². The molecule has 0 spiro atoms. The molecule has 0 aliphatic heterocycles. The molecule has 108 valence electrons. The quantitative estimate of drug-likeness (QED) is 0.784. The number of para-hydroxylation sites is 1. The number of hydrogen-bond acceptors (Lipinski definition) is 4. The maximum absolute atomic E-state index is 14.1. The van der Waals surface area contributed by atoms with E-state index in [0.29, 0.717) is 32.0 Å². The van der Waals surface area contributed by atoms with Crippen LogP contribution in [0, 0.1) is 5.82 Å². The molecule has 0 bridgehead atoms. The van der Waals surface area contributed by atoms with Gasteiger partial charge in [-0.3, -0.25) is 0 Å². The normalized spacial score (nSPS) is 12.5. The Morgan fingerprint density at radius 3 is 2.26 bits per heavy atom. The Bertz CT molecular complexity index is 378. The molecule has 2 N–H and O–H groups in total. The van der Waals surface area contributed by atoms with Gasteiger partial charge in [-0.2, -0.15) is 0 Å². The van der Waals surface area contributed by atoms with E-state index in [1.54, 1.807) is 20.3 Å². The van der Waals surface area contributed by atoms with Crippen molar-refractivity contribution < 1.29 is 13.9 Å². The summed E-state index contributed by atoms with van der Waals surface area (Å²) >= 11 is 0. The number of methoxy groups -OCH3 is 2. The lowest BCUT2D eigenvalue weighted by Gasteiger charge is -2.28. The van der Waals surface area contributed by atoms with Crippen LogP contribution in [0.5, 0.6) is 0 Å². The van der Waals surface area contributed by atoms with Crippen molar-refractivity contribution in [3.63, 3.8) is 0 Å². The molecular weight excluding hydrogens is 247 g/mol. The lowest BCUT2D eigenvalue weighted by molar-refractivity contribution is 0.190. The SMILES string of the molecule is COCCN(CCOC)c1c(F)cccc1C(C)N. The molecule has 4 nitrogen and oxygen atoms in total. The molecule has 1 aromatic carbocycles. The summed E-state index contributed by atoms with van der Waals surface area (Å²) in [4.78, 5) is 1.92. The summed E-state index contributed by atoms with van der Waals surface area (Å²) in [6, 6.07) is 4.77. The van der Waals surface area contributed by atoms with Crippen molar-refractivity contribution in [2.45, 2.75) is 13.0 Å². The van der Waals surface area contributed by atoms with Crippen molar-refractivity contribution in [1.29, 1.82) is 0 Å². The van der Waals surface area contributed by atoms with Crippen molar-refractivity contribution in [3.05, 3.63) is 29.6 Å². The number of anilines is 1. The van der Waals surface area contributed by atoms with Crippen molar-refractivity contribution >= 4 is 5.69 Å². The zero-order valence-electron chi connectivity index (χ0n) is 11.9.